The molecule has 2 saturated heterocycles. The van der Waals surface area contributed by atoms with E-state index >= 15 is 0 Å². The normalized spacial score (nSPS) is 34.5. The van der Waals surface area contributed by atoms with E-state index in [-0.39, 0.29) is 43.3 Å². The van der Waals surface area contributed by atoms with Crippen molar-refractivity contribution in [3.05, 3.63) is 0 Å². The molecule has 2 amide bonds. The summed E-state index contributed by atoms with van der Waals surface area (Å²) in [5.41, 5.74) is 0. The summed E-state index contributed by atoms with van der Waals surface area (Å²) in [5.74, 6) is -0.712. The zero-order valence-corrected chi connectivity index (χ0v) is 14.1. The molecule has 134 valence electrons. The highest BCUT2D eigenvalue weighted by molar-refractivity contribution is 5.89. The lowest BCUT2D eigenvalue weighted by atomic mass is 9.86. The number of amides is 2. The van der Waals surface area contributed by atoms with Crippen molar-refractivity contribution in [1.29, 1.82) is 0 Å². The highest BCUT2D eigenvalue weighted by Gasteiger charge is 2.41. The molecule has 2 aliphatic heterocycles. The molecule has 7 heteroatoms. The molecule has 0 aromatic rings. The number of ether oxygens (including phenoxy) is 1. The van der Waals surface area contributed by atoms with Gasteiger partial charge in [0.15, 0.2) is 6.10 Å². The maximum Gasteiger partial charge on any atom is 0.334 e. The Balaban J connectivity index is 1.58. The number of carbonyl (C=O) groups excluding carboxylic acids is 2. The summed E-state index contributed by atoms with van der Waals surface area (Å²) in [6, 6.07) is 0.267. The molecule has 3 fully saturated rings. The van der Waals surface area contributed by atoms with Gasteiger partial charge in [-0.05, 0) is 31.6 Å². The van der Waals surface area contributed by atoms with Crippen LogP contribution in [0.3, 0.4) is 0 Å². The van der Waals surface area contributed by atoms with E-state index in [0.29, 0.717) is 13.1 Å². The van der Waals surface area contributed by atoms with Gasteiger partial charge in [-0.3, -0.25) is 9.59 Å². The SMILES string of the molecule is CC1CCC(N2C[C@H](C(=O)N3CCO[C@@H](C(=O)O)C3)CC2=O)CC1. The van der Waals surface area contributed by atoms with Crippen molar-refractivity contribution in [1.82, 2.24) is 9.80 Å². The first-order valence-electron chi connectivity index (χ1n) is 8.88. The largest absolute Gasteiger partial charge is 0.479 e. The van der Waals surface area contributed by atoms with Crippen LogP contribution in [0.2, 0.25) is 0 Å². The molecule has 0 spiro atoms. The van der Waals surface area contributed by atoms with Crippen molar-refractivity contribution >= 4 is 17.8 Å². The van der Waals surface area contributed by atoms with E-state index in [0.717, 1.165) is 31.6 Å². The second-order valence-electron chi connectivity index (χ2n) is 7.34. The quantitative estimate of drug-likeness (QED) is 0.819. The van der Waals surface area contributed by atoms with Crippen LogP contribution in [0, 0.1) is 11.8 Å². The molecule has 1 N–H and O–H groups in total. The fraction of sp³-hybridized carbons (Fsp3) is 0.824. The zero-order chi connectivity index (χ0) is 17.3. The number of carbonyl (C=O) groups is 3. The summed E-state index contributed by atoms with van der Waals surface area (Å²) in [6.45, 7) is 3.42. The Kier molecular flexibility index (Phi) is 5.08. The minimum absolute atomic E-state index is 0.0657. The lowest BCUT2D eigenvalue weighted by Crippen LogP contribution is -2.50. The van der Waals surface area contributed by atoms with Gasteiger partial charge >= 0.3 is 5.97 Å². The minimum atomic E-state index is -1.05. The van der Waals surface area contributed by atoms with Gasteiger partial charge in [0.25, 0.3) is 0 Å². The number of aliphatic carboxylic acids is 1. The van der Waals surface area contributed by atoms with Crippen molar-refractivity contribution in [2.24, 2.45) is 11.8 Å². The van der Waals surface area contributed by atoms with Crippen LogP contribution in [0.5, 0.6) is 0 Å². The average Bonchev–Trinajstić information content (AvgIpc) is 2.97. The van der Waals surface area contributed by atoms with E-state index in [2.05, 4.69) is 6.92 Å². The van der Waals surface area contributed by atoms with Crippen LogP contribution >= 0.6 is 0 Å². The Hall–Kier alpha value is -1.63. The third-order valence-electron chi connectivity index (χ3n) is 5.59. The summed E-state index contributed by atoms with van der Waals surface area (Å²) in [4.78, 5) is 39.6. The summed E-state index contributed by atoms with van der Waals surface area (Å²) in [7, 11) is 0. The highest BCUT2D eigenvalue weighted by Crippen LogP contribution is 2.31. The fourth-order valence-electron chi connectivity index (χ4n) is 4.06. The molecule has 0 unspecified atom stereocenters. The Morgan fingerprint density at radius 1 is 1.17 bits per heavy atom. The van der Waals surface area contributed by atoms with Crippen molar-refractivity contribution in [2.75, 3.05) is 26.2 Å². The lowest BCUT2D eigenvalue weighted by Gasteiger charge is -2.34. The zero-order valence-electron chi connectivity index (χ0n) is 14.1. The maximum atomic E-state index is 12.7. The third-order valence-corrected chi connectivity index (χ3v) is 5.59. The third kappa shape index (κ3) is 3.55. The molecule has 2 heterocycles. The molecule has 0 radical (unpaired) electrons. The van der Waals surface area contributed by atoms with E-state index in [1.165, 1.54) is 0 Å². The molecule has 24 heavy (non-hydrogen) atoms. The first-order valence-corrected chi connectivity index (χ1v) is 8.88. The molecule has 3 aliphatic rings. The van der Waals surface area contributed by atoms with Crippen LogP contribution < -0.4 is 0 Å². The van der Waals surface area contributed by atoms with E-state index in [1.54, 1.807) is 4.90 Å². The van der Waals surface area contributed by atoms with E-state index in [1.807, 2.05) is 4.90 Å². The summed E-state index contributed by atoms with van der Waals surface area (Å²) in [6.07, 6.45) is 3.60. The Labute approximate surface area is 141 Å². The first-order chi connectivity index (χ1) is 11.5. The molecule has 1 aliphatic carbocycles. The number of likely N-dealkylation sites (tertiary alicyclic amines) is 1. The van der Waals surface area contributed by atoms with Gasteiger partial charge in [0.05, 0.1) is 19.1 Å². The topological polar surface area (TPSA) is 87.2 Å². The molecular formula is C17H26N2O5. The van der Waals surface area contributed by atoms with Gasteiger partial charge in [0.2, 0.25) is 11.8 Å². The van der Waals surface area contributed by atoms with Gasteiger partial charge < -0.3 is 19.6 Å². The van der Waals surface area contributed by atoms with Crippen LogP contribution in [0.15, 0.2) is 0 Å². The Morgan fingerprint density at radius 3 is 2.54 bits per heavy atom. The van der Waals surface area contributed by atoms with E-state index in [9.17, 15) is 14.4 Å². The van der Waals surface area contributed by atoms with Gasteiger partial charge in [-0.1, -0.05) is 6.92 Å². The molecule has 7 nitrogen and oxygen atoms in total. The Morgan fingerprint density at radius 2 is 1.88 bits per heavy atom. The van der Waals surface area contributed by atoms with Crippen LogP contribution in [0.25, 0.3) is 0 Å². The van der Waals surface area contributed by atoms with Crippen LogP contribution in [-0.2, 0) is 19.1 Å². The standard InChI is InChI=1S/C17H26N2O5/c1-11-2-4-13(5-3-11)19-9-12(8-15(19)20)16(21)18-6-7-24-14(10-18)17(22)23/h11-14H,2-10H2,1H3,(H,22,23)/t11?,12-,13?,14-/m1/s1. The predicted octanol–water partition coefficient (Wildman–Crippen LogP) is 0.726. The molecule has 0 bridgehead atoms. The summed E-state index contributed by atoms with van der Waals surface area (Å²) < 4.78 is 5.16. The van der Waals surface area contributed by atoms with Crippen LogP contribution in [-0.4, -0.2) is 71.1 Å². The predicted molar refractivity (Wildman–Crippen MR) is 85.2 cm³/mol. The van der Waals surface area contributed by atoms with Crippen molar-refractivity contribution in [3.8, 4) is 0 Å². The minimum Gasteiger partial charge on any atom is -0.479 e. The number of nitrogens with zero attached hydrogens (tertiary/aromatic N) is 2. The first kappa shape index (κ1) is 17.2. The van der Waals surface area contributed by atoms with Gasteiger partial charge in [-0.15, -0.1) is 0 Å². The molecule has 1 saturated carbocycles. The number of rotatable bonds is 3. The molecule has 2 atom stereocenters. The number of carboxylic acid groups (broad SMARTS) is 1. The van der Waals surface area contributed by atoms with Gasteiger partial charge in [0.1, 0.15) is 0 Å². The molecule has 0 aromatic heterocycles. The van der Waals surface area contributed by atoms with Gasteiger partial charge in [-0.2, -0.15) is 0 Å². The smallest absolute Gasteiger partial charge is 0.334 e. The van der Waals surface area contributed by atoms with Crippen LogP contribution in [0.1, 0.15) is 39.0 Å². The summed E-state index contributed by atoms with van der Waals surface area (Å²) in [5, 5.41) is 9.05. The Bertz CT molecular complexity index is 515. The van der Waals surface area contributed by atoms with Crippen molar-refractivity contribution in [2.45, 2.75) is 51.2 Å². The number of carboxylic acids is 1. The second kappa shape index (κ2) is 7.09. The monoisotopic (exact) mass is 338 g/mol. The molecule has 0 aromatic carbocycles. The number of morpholine rings is 1. The van der Waals surface area contributed by atoms with E-state index in [4.69, 9.17) is 9.84 Å². The molecular weight excluding hydrogens is 312 g/mol. The van der Waals surface area contributed by atoms with E-state index < -0.39 is 12.1 Å². The van der Waals surface area contributed by atoms with Gasteiger partial charge in [0, 0.05) is 25.6 Å². The molecule has 3 rings (SSSR count). The number of hydrogen-bond acceptors (Lipinski definition) is 4. The highest BCUT2D eigenvalue weighted by atomic mass is 16.5. The second-order valence-corrected chi connectivity index (χ2v) is 7.34. The van der Waals surface area contributed by atoms with Crippen molar-refractivity contribution < 1.29 is 24.2 Å². The number of hydrogen-bond donors (Lipinski definition) is 1. The average molecular weight is 338 g/mol. The van der Waals surface area contributed by atoms with Gasteiger partial charge in [-0.25, -0.2) is 4.79 Å². The lowest BCUT2D eigenvalue weighted by molar-refractivity contribution is -0.160. The fourth-order valence-corrected chi connectivity index (χ4v) is 4.06. The maximum absolute atomic E-state index is 12.7. The van der Waals surface area contributed by atoms with Crippen LogP contribution in [0.4, 0.5) is 0 Å². The van der Waals surface area contributed by atoms with Crippen molar-refractivity contribution in [3.63, 3.8) is 0 Å². The summed E-state index contributed by atoms with van der Waals surface area (Å²) >= 11 is 0.